The molecular formula is C6H14O2Si3. The van der Waals surface area contributed by atoms with Crippen molar-refractivity contribution in [1.29, 1.82) is 0 Å². The summed E-state index contributed by atoms with van der Waals surface area (Å²) in [5.74, 6) is 0. The standard InChI is InChI=1S/C6H14O2Si3/c1-4-11(5-2,6-3)8-10-7-9/h4-6H,1-3,10H2,9H3. The zero-order chi connectivity index (χ0) is 8.74. The van der Waals surface area contributed by atoms with Crippen LogP contribution in [-0.2, 0) is 8.23 Å². The minimum Gasteiger partial charge on any atom is -0.449 e. The Morgan fingerprint density at radius 2 is 1.64 bits per heavy atom. The molecule has 0 unspecified atom stereocenters. The molecule has 0 amide bonds. The molecule has 0 aliphatic carbocycles. The Bertz CT molecular complexity index is 136. The van der Waals surface area contributed by atoms with E-state index in [4.69, 9.17) is 8.23 Å². The van der Waals surface area contributed by atoms with Crippen molar-refractivity contribution in [2.45, 2.75) is 0 Å². The smallest absolute Gasteiger partial charge is 0.283 e. The fraction of sp³-hybridized carbons (Fsp3) is 0. The lowest BCUT2D eigenvalue weighted by Gasteiger charge is -2.19. The molecule has 0 rings (SSSR count). The monoisotopic (exact) mass is 202 g/mol. The van der Waals surface area contributed by atoms with Crippen molar-refractivity contribution in [1.82, 2.24) is 0 Å². The van der Waals surface area contributed by atoms with Crippen molar-refractivity contribution >= 4 is 28.8 Å². The molecule has 0 spiro atoms. The summed E-state index contributed by atoms with van der Waals surface area (Å²) in [6.45, 7) is 11.1. The minimum atomic E-state index is -1.99. The first-order valence-corrected chi connectivity index (χ1v) is 7.39. The van der Waals surface area contributed by atoms with Gasteiger partial charge >= 0.3 is 0 Å². The molecule has 0 saturated heterocycles. The normalized spacial score (nSPS) is 12.0. The van der Waals surface area contributed by atoms with Gasteiger partial charge in [-0.1, -0.05) is 17.1 Å². The van der Waals surface area contributed by atoms with Crippen LogP contribution in [0.3, 0.4) is 0 Å². The van der Waals surface area contributed by atoms with Gasteiger partial charge in [-0.2, -0.15) is 0 Å². The van der Waals surface area contributed by atoms with E-state index in [0.717, 1.165) is 10.5 Å². The zero-order valence-electron chi connectivity index (χ0n) is 6.88. The highest BCUT2D eigenvalue weighted by Gasteiger charge is 2.22. The Kier molecular flexibility index (Phi) is 5.34. The summed E-state index contributed by atoms with van der Waals surface area (Å²) in [5, 5.41) is 0. The third-order valence-corrected chi connectivity index (χ3v) is 6.71. The van der Waals surface area contributed by atoms with Crippen molar-refractivity contribution in [3.8, 4) is 0 Å². The summed E-state index contributed by atoms with van der Waals surface area (Å²) in [6.07, 6.45) is 0. The molecule has 0 atom stereocenters. The van der Waals surface area contributed by atoms with Gasteiger partial charge in [0.15, 0.2) is 0 Å². The Balaban J connectivity index is 4.16. The van der Waals surface area contributed by atoms with E-state index in [9.17, 15) is 0 Å². The average Bonchev–Trinajstić information content (AvgIpc) is 2.08. The second-order valence-corrected chi connectivity index (χ2v) is 8.65. The van der Waals surface area contributed by atoms with E-state index >= 15 is 0 Å². The van der Waals surface area contributed by atoms with Crippen molar-refractivity contribution in [2.24, 2.45) is 0 Å². The van der Waals surface area contributed by atoms with E-state index in [1.807, 2.05) is 0 Å². The van der Waals surface area contributed by atoms with Crippen LogP contribution in [0, 0.1) is 0 Å². The summed E-state index contributed by atoms with van der Waals surface area (Å²) in [4.78, 5) is 0. The second kappa shape index (κ2) is 5.44. The predicted octanol–water partition coefficient (Wildman–Crippen LogP) is -0.580. The Morgan fingerprint density at radius 1 is 1.18 bits per heavy atom. The van der Waals surface area contributed by atoms with E-state index in [-0.39, 0.29) is 0 Å². The van der Waals surface area contributed by atoms with Crippen LogP contribution in [0.4, 0.5) is 0 Å². The van der Waals surface area contributed by atoms with E-state index in [1.165, 1.54) is 0 Å². The maximum atomic E-state index is 5.56. The first-order valence-electron chi connectivity index (χ1n) is 3.28. The summed E-state index contributed by atoms with van der Waals surface area (Å²) in [7, 11) is -2.05. The number of hydrogen-bond acceptors (Lipinski definition) is 2. The summed E-state index contributed by atoms with van der Waals surface area (Å²) >= 11 is 0. The van der Waals surface area contributed by atoms with E-state index < -0.39 is 18.3 Å². The van der Waals surface area contributed by atoms with Crippen LogP contribution < -0.4 is 0 Å². The highest BCUT2D eigenvalue weighted by atomic mass is 28.4. The molecule has 5 heteroatoms. The van der Waals surface area contributed by atoms with Gasteiger partial charge in [0, 0.05) is 0 Å². The summed E-state index contributed by atoms with van der Waals surface area (Å²) in [6, 6.07) is 0. The molecule has 62 valence electrons. The van der Waals surface area contributed by atoms with Crippen LogP contribution in [0.5, 0.6) is 0 Å². The molecule has 11 heavy (non-hydrogen) atoms. The molecule has 0 bridgehead atoms. The molecule has 2 nitrogen and oxygen atoms in total. The van der Waals surface area contributed by atoms with Crippen LogP contribution in [0.15, 0.2) is 36.8 Å². The van der Waals surface area contributed by atoms with Gasteiger partial charge in [-0.15, -0.1) is 19.7 Å². The SMILES string of the molecule is C=C[Si](C=C)(C=C)O[SiH2]O[SiH3]. The zero-order valence-corrected chi connectivity index (χ0v) is 11.3. The quantitative estimate of drug-likeness (QED) is 0.537. The molecule has 0 radical (unpaired) electrons. The van der Waals surface area contributed by atoms with Crippen LogP contribution >= 0.6 is 0 Å². The van der Waals surface area contributed by atoms with Gasteiger partial charge in [0.25, 0.3) is 18.3 Å². The lowest BCUT2D eigenvalue weighted by atomic mass is 11.2. The Labute approximate surface area is 74.3 Å². The van der Waals surface area contributed by atoms with Crippen molar-refractivity contribution in [3.63, 3.8) is 0 Å². The van der Waals surface area contributed by atoms with E-state index in [2.05, 4.69) is 19.7 Å². The van der Waals surface area contributed by atoms with Crippen LogP contribution in [0.1, 0.15) is 0 Å². The second-order valence-electron chi connectivity index (χ2n) is 2.02. The van der Waals surface area contributed by atoms with Gasteiger partial charge < -0.3 is 8.23 Å². The average molecular weight is 202 g/mol. The number of hydrogen-bond donors (Lipinski definition) is 0. The first kappa shape index (κ1) is 10.8. The van der Waals surface area contributed by atoms with Gasteiger partial charge in [0.1, 0.15) is 10.5 Å². The van der Waals surface area contributed by atoms with Crippen LogP contribution in [0.25, 0.3) is 0 Å². The highest BCUT2D eigenvalue weighted by Crippen LogP contribution is 2.07. The van der Waals surface area contributed by atoms with Crippen LogP contribution in [0.2, 0.25) is 0 Å². The fourth-order valence-corrected chi connectivity index (χ4v) is 4.85. The van der Waals surface area contributed by atoms with Crippen molar-refractivity contribution in [3.05, 3.63) is 36.8 Å². The molecule has 0 fully saturated rings. The van der Waals surface area contributed by atoms with Gasteiger partial charge in [-0.3, -0.25) is 0 Å². The largest absolute Gasteiger partial charge is 0.449 e. The maximum absolute atomic E-state index is 5.56. The van der Waals surface area contributed by atoms with Gasteiger partial charge in [0.05, 0.1) is 0 Å². The molecule has 0 N–H and O–H groups in total. The molecule has 0 aromatic rings. The lowest BCUT2D eigenvalue weighted by Crippen LogP contribution is -2.34. The Morgan fingerprint density at radius 3 is 1.91 bits per heavy atom. The molecule has 0 aromatic heterocycles. The molecule has 0 saturated carbocycles. The molecule has 0 aliphatic rings. The number of rotatable bonds is 6. The fourth-order valence-electron chi connectivity index (χ4n) is 0.588. The van der Waals surface area contributed by atoms with Gasteiger partial charge in [-0.25, -0.2) is 0 Å². The topological polar surface area (TPSA) is 18.5 Å². The van der Waals surface area contributed by atoms with E-state index in [0.29, 0.717) is 0 Å². The minimum absolute atomic E-state index is 0.746. The van der Waals surface area contributed by atoms with Crippen molar-refractivity contribution in [2.75, 3.05) is 0 Å². The van der Waals surface area contributed by atoms with Crippen LogP contribution in [-0.4, -0.2) is 28.8 Å². The molecule has 0 aliphatic heterocycles. The maximum Gasteiger partial charge on any atom is 0.283 e. The molecule has 0 aromatic carbocycles. The van der Waals surface area contributed by atoms with Gasteiger partial charge in [-0.05, 0) is 0 Å². The van der Waals surface area contributed by atoms with Crippen molar-refractivity contribution < 1.29 is 8.23 Å². The summed E-state index contributed by atoms with van der Waals surface area (Å²) < 4.78 is 10.6. The lowest BCUT2D eigenvalue weighted by molar-refractivity contribution is 0.491. The third-order valence-electron chi connectivity index (χ3n) is 1.38. The Hall–Kier alpha value is -0.209. The first-order chi connectivity index (χ1) is 5.24. The molecular weight excluding hydrogens is 188 g/mol. The van der Waals surface area contributed by atoms with E-state index in [1.54, 1.807) is 17.1 Å². The summed E-state index contributed by atoms with van der Waals surface area (Å²) in [5.41, 5.74) is 5.42. The molecule has 0 heterocycles. The highest BCUT2D eigenvalue weighted by molar-refractivity contribution is 6.90. The predicted molar refractivity (Wildman–Crippen MR) is 57.0 cm³/mol. The van der Waals surface area contributed by atoms with Gasteiger partial charge in [0.2, 0.25) is 0 Å². The third kappa shape index (κ3) is 3.12.